The first kappa shape index (κ1) is 10.7. The number of carbonyl (C=O) groups excluding carboxylic acids is 1. The predicted octanol–water partition coefficient (Wildman–Crippen LogP) is 1.28. The van der Waals surface area contributed by atoms with Gasteiger partial charge >= 0.3 is 0 Å². The predicted molar refractivity (Wildman–Crippen MR) is 51.4 cm³/mol. The van der Waals surface area contributed by atoms with Gasteiger partial charge in [-0.15, -0.1) is 0 Å². The molecule has 0 bridgehead atoms. The van der Waals surface area contributed by atoms with Crippen molar-refractivity contribution in [3.05, 3.63) is 0 Å². The van der Waals surface area contributed by atoms with Gasteiger partial charge in [-0.05, 0) is 13.8 Å². The van der Waals surface area contributed by atoms with Gasteiger partial charge in [0.05, 0.1) is 19.4 Å². The highest BCUT2D eigenvalue weighted by Gasteiger charge is 2.33. The van der Waals surface area contributed by atoms with Crippen LogP contribution >= 0.6 is 0 Å². The zero-order valence-electron chi connectivity index (χ0n) is 8.91. The van der Waals surface area contributed by atoms with Crippen LogP contribution in [0.4, 0.5) is 0 Å². The lowest BCUT2D eigenvalue weighted by Gasteiger charge is -2.25. The monoisotopic (exact) mass is 185 g/mol. The third kappa shape index (κ3) is 2.29. The lowest BCUT2D eigenvalue weighted by Crippen LogP contribution is -2.43. The van der Waals surface area contributed by atoms with E-state index in [0.29, 0.717) is 25.2 Å². The molecule has 3 heteroatoms. The van der Waals surface area contributed by atoms with E-state index >= 15 is 0 Å². The maximum atomic E-state index is 11.7. The second-order valence-corrected chi connectivity index (χ2v) is 4.18. The van der Waals surface area contributed by atoms with Crippen molar-refractivity contribution in [2.45, 2.75) is 39.8 Å². The van der Waals surface area contributed by atoms with E-state index < -0.39 is 0 Å². The summed E-state index contributed by atoms with van der Waals surface area (Å²) in [6.45, 7) is 9.24. The van der Waals surface area contributed by atoms with Gasteiger partial charge in [0.25, 0.3) is 0 Å². The van der Waals surface area contributed by atoms with E-state index in [9.17, 15) is 4.79 Å². The highest BCUT2D eigenvalue weighted by molar-refractivity contribution is 5.86. The van der Waals surface area contributed by atoms with Crippen LogP contribution < -0.4 is 0 Å². The van der Waals surface area contributed by atoms with Crippen LogP contribution in [-0.2, 0) is 9.53 Å². The van der Waals surface area contributed by atoms with Crippen LogP contribution in [0.5, 0.6) is 0 Å². The number of rotatable bonds is 3. The van der Waals surface area contributed by atoms with Gasteiger partial charge in [0.15, 0.2) is 5.78 Å². The van der Waals surface area contributed by atoms with E-state index in [1.807, 2.05) is 13.8 Å². The van der Waals surface area contributed by atoms with Crippen LogP contribution in [0.2, 0.25) is 0 Å². The normalized spacial score (nSPS) is 24.6. The second-order valence-electron chi connectivity index (χ2n) is 4.18. The molecule has 0 radical (unpaired) electrons. The van der Waals surface area contributed by atoms with Crippen molar-refractivity contribution in [3.8, 4) is 0 Å². The Kier molecular flexibility index (Phi) is 3.45. The molecule has 0 saturated carbocycles. The Labute approximate surface area is 80.1 Å². The van der Waals surface area contributed by atoms with Crippen LogP contribution in [0.15, 0.2) is 0 Å². The molecular formula is C10H19NO2. The Hall–Kier alpha value is -0.410. The summed E-state index contributed by atoms with van der Waals surface area (Å²) in [5.41, 5.74) is 0. The molecule has 0 spiro atoms. The van der Waals surface area contributed by atoms with Crippen LogP contribution in [0, 0.1) is 5.92 Å². The van der Waals surface area contributed by atoms with Gasteiger partial charge in [0.2, 0.25) is 0 Å². The molecule has 0 aliphatic carbocycles. The summed E-state index contributed by atoms with van der Waals surface area (Å²) >= 11 is 0. The molecule has 1 aliphatic rings. The van der Waals surface area contributed by atoms with Crippen LogP contribution in [0.1, 0.15) is 27.7 Å². The molecule has 1 aliphatic heterocycles. The van der Waals surface area contributed by atoms with Gasteiger partial charge < -0.3 is 4.74 Å². The molecule has 13 heavy (non-hydrogen) atoms. The molecular weight excluding hydrogens is 166 g/mol. The number of Topliss-reactive ketones (excluding diaryl/α,β-unsaturated/α-hetero) is 1. The quantitative estimate of drug-likeness (QED) is 0.663. The summed E-state index contributed by atoms with van der Waals surface area (Å²) < 4.78 is 5.31. The lowest BCUT2D eigenvalue weighted by molar-refractivity contribution is -0.126. The van der Waals surface area contributed by atoms with Crippen molar-refractivity contribution >= 4 is 5.78 Å². The third-order valence-electron chi connectivity index (χ3n) is 2.48. The molecule has 76 valence electrons. The van der Waals surface area contributed by atoms with Crippen molar-refractivity contribution in [2.24, 2.45) is 5.92 Å². The number of hydrogen-bond acceptors (Lipinski definition) is 3. The molecule has 0 unspecified atom stereocenters. The average Bonchev–Trinajstić information content (AvgIpc) is 2.50. The molecule has 1 atom stereocenters. The van der Waals surface area contributed by atoms with E-state index in [-0.39, 0.29) is 12.0 Å². The van der Waals surface area contributed by atoms with E-state index in [2.05, 4.69) is 18.7 Å². The van der Waals surface area contributed by atoms with E-state index in [1.54, 1.807) is 0 Å². The minimum absolute atomic E-state index is 0.0139. The van der Waals surface area contributed by atoms with E-state index in [0.717, 1.165) is 0 Å². The van der Waals surface area contributed by atoms with Gasteiger partial charge in [-0.25, -0.2) is 0 Å². The summed E-state index contributed by atoms with van der Waals surface area (Å²) in [5, 5.41) is 0. The Morgan fingerprint density at radius 1 is 1.38 bits per heavy atom. The maximum Gasteiger partial charge on any atom is 0.154 e. The zero-order chi connectivity index (χ0) is 10.0. The molecule has 0 amide bonds. The van der Waals surface area contributed by atoms with Crippen molar-refractivity contribution in [1.29, 1.82) is 0 Å². The first-order chi connectivity index (χ1) is 6.04. The van der Waals surface area contributed by atoms with Gasteiger partial charge in [-0.1, -0.05) is 13.8 Å². The molecule has 1 saturated heterocycles. The maximum absolute atomic E-state index is 11.7. The summed E-state index contributed by atoms with van der Waals surface area (Å²) in [6, 6.07) is 0.371. The standard InChI is InChI=1S/C10H19NO2/c1-7(2)10(12)9-5-13-6-11(9)8(3)4/h7-9H,5-6H2,1-4H3/t9-/m0/s1. The average molecular weight is 185 g/mol. The topological polar surface area (TPSA) is 29.5 Å². The van der Waals surface area contributed by atoms with Crippen molar-refractivity contribution in [3.63, 3.8) is 0 Å². The fourth-order valence-corrected chi connectivity index (χ4v) is 1.59. The van der Waals surface area contributed by atoms with Crippen molar-refractivity contribution < 1.29 is 9.53 Å². The Bertz CT molecular complexity index is 189. The largest absolute Gasteiger partial charge is 0.364 e. The van der Waals surface area contributed by atoms with Crippen LogP contribution in [0.25, 0.3) is 0 Å². The van der Waals surface area contributed by atoms with Gasteiger partial charge in [-0.2, -0.15) is 0 Å². The number of ketones is 1. The number of ether oxygens (including phenoxy) is 1. The first-order valence-corrected chi connectivity index (χ1v) is 4.91. The highest BCUT2D eigenvalue weighted by Crippen LogP contribution is 2.16. The Morgan fingerprint density at radius 3 is 2.46 bits per heavy atom. The van der Waals surface area contributed by atoms with E-state index in [1.165, 1.54) is 0 Å². The fourth-order valence-electron chi connectivity index (χ4n) is 1.59. The molecule has 0 aromatic carbocycles. The van der Waals surface area contributed by atoms with E-state index in [4.69, 9.17) is 4.74 Å². The molecule has 0 aromatic rings. The lowest BCUT2D eigenvalue weighted by atomic mass is 10.0. The summed E-state index contributed by atoms with van der Waals surface area (Å²) in [5.74, 6) is 0.402. The minimum atomic E-state index is -0.0139. The molecule has 0 aromatic heterocycles. The summed E-state index contributed by atoms with van der Waals surface area (Å²) in [6.07, 6.45) is 0. The Morgan fingerprint density at radius 2 is 2.00 bits per heavy atom. The smallest absolute Gasteiger partial charge is 0.154 e. The van der Waals surface area contributed by atoms with Crippen LogP contribution in [-0.4, -0.2) is 36.1 Å². The molecule has 1 fully saturated rings. The van der Waals surface area contributed by atoms with Crippen molar-refractivity contribution in [1.82, 2.24) is 4.90 Å². The summed E-state index contributed by atoms with van der Waals surface area (Å²) in [7, 11) is 0. The van der Waals surface area contributed by atoms with Gasteiger partial charge in [-0.3, -0.25) is 9.69 Å². The van der Waals surface area contributed by atoms with Gasteiger partial charge in [0.1, 0.15) is 0 Å². The number of hydrogen-bond donors (Lipinski definition) is 0. The van der Waals surface area contributed by atoms with Crippen molar-refractivity contribution in [2.75, 3.05) is 13.3 Å². The number of carbonyl (C=O) groups is 1. The van der Waals surface area contributed by atoms with Crippen LogP contribution in [0.3, 0.4) is 0 Å². The molecule has 0 N–H and O–H groups in total. The second kappa shape index (κ2) is 4.20. The molecule has 1 heterocycles. The molecule has 3 nitrogen and oxygen atoms in total. The SMILES string of the molecule is CC(C)C(=O)[C@@H]1COCN1C(C)C. The van der Waals surface area contributed by atoms with Gasteiger partial charge in [0, 0.05) is 12.0 Å². The summed E-state index contributed by atoms with van der Waals surface area (Å²) in [4.78, 5) is 13.9. The molecule has 1 rings (SSSR count). The highest BCUT2D eigenvalue weighted by atomic mass is 16.5. The Balaban J connectivity index is 2.63. The minimum Gasteiger partial charge on any atom is -0.364 e. The fraction of sp³-hybridized carbons (Fsp3) is 0.900. The number of nitrogens with zero attached hydrogens (tertiary/aromatic N) is 1. The first-order valence-electron chi connectivity index (χ1n) is 4.91. The third-order valence-corrected chi connectivity index (χ3v) is 2.48. The zero-order valence-corrected chi connectivity index (χ0v) is 8.91.